The lowest BCUT2D eigenvalue weighted by atomic mass is 10.1. The number of carbonyl (C=O) groups is 1. The number of rotatable bonds is 4. The predicted molar refractivity (Wildman–Crippen MR) is 41.2 cm³/mol. The minimum atomic E-state index is -0.978. The van der Waals surface area contributed by atoms with Gasteiger partial charge in [-0.3, -0.25) is 0 Å². The van der Waals surface area contributed by atoms with Crippen molar-refractivity contribution in [2.45, 2.75) is 13.0 Å². The zero-order valence-electron chi connectivity index (χ0n) is 6.70. The molecule has 4 nitrogen and oxygen atoms in total. The Kier molecular flexibility index (Phi) is 4.49. The van der Waals surface area contributed by atoms with Gasteiger partial charge in [-0.25, -0.2) is 4.79 Å². The topological polar surface area (TPSA) is 72.5 Å². The van der Waals surface area contributed by atoms with Crippen LogP contribution in [0.1, 0.15) is 6.92 Å². The van der Waals surface area contributed by atoms with Crippen LogP contribution in [-0.4, -0.2) is 30.8 Å². The maximum Gasteiger partial charge on any atom is 0.328 e. The Hall–Kier alpha value is -0.870. The first-order valence-electron chi connectivity index (χ1n) is 3.23. The van der Waals surface area contributed by atoms with Gasteiger partial charge in [0.05, 0.1) is 6.61 Å². The molecule has 0 spiro atoms. The van der Waals surface area contributed by atoms with E-state index in [4.69, 9.17) is 15.6 Å². The van der Waals surface area contributed by atoms with Crippen molar-refractivity contribution < 1.29 is 14.6 Å². The Morgan fingerprint density at radius 3 is 2.73 bits per heavy atom. The summed E-state index contributed by atoms with van der Waals surface area (Å²) >= 11 is 0. The van der Waals surface area contributed by atoms with Crippen molar-refractivity contribution in [3.63, 3.8) is 0 Å². The highest BCUT2D eigenvalue weighted by atomic mass is 16.5. The number of hydrogen-bond acceptors (Lipinski definition) is 3. The monoisotopic (exact) mass is 159 g/mol. The van der Waals surface area contributed by atoms with Crippen LogP contribution in [0, 0.1) is 0 Å². The average molecular weight is 159 g/mol. The van der Waals surface area contributed by atoms with E-state index >= 15 is 0 Å². The molecule has 3 N–H and O–H groups in total. The minimum Gasteiger partial charge on any atom is -0.478 e. The summed E-state index contributed by atoms with van der Waals surface area (Å²) in [6.07, 6.45) is 1.09. The normalized spacial score (nSPS) is 14.6. The van der Waals surface area contributed by atoms with E-state index in [1.165, 1.54) is 7.11 Å². The van der Waals surface area contributed by atoms with Crippen molar-refractivity contribution in [3.8, 4) is 0 Å². The number of methoxy groups -OCH3 is 1. The van der Waals surface area contributed by atoms with Crippen LogP contribution in [0.25, 0.3) is 0 Å². The van der Waals surface area contributed by atoms with E-state index in [-0.39, 0.29) is 6.04 Å². The van der Waals surface area contributed by atoms with E-state index in [0.717, 1.165) is 6.08 Å². The molecule has 0 aromatic carbocycles. The molecule has 0 bridgehead atoms. The molecule has 1 unspecified atom stereocenters. The molecule has 0 amide bonds. The summed E-state index contributed by atoms with van der Waals surface area (Å²) in [7, 11) is 1.52. The predicted octanol–water partition coefficient (Wildman–Crippen LogP) is -0.00900. The summed E-state index contributed by atoms with van der Waals surface area (Å²) in [6.45, 7) is 2.01. The van der Waals surface area contributed by atoms with Gasteiger partial charge >= 0.3 is 5.97 Å². The lowest BCUT2D eigenvalue weighted by Crippen LogP contribution is -2.27. The lowest BCUT2D eigenvalue weighted by molar-refractivity contribution is -0.131. The molecule has 0 aromatic heterocycles. The Balaban J connectivity index is 4.00. The van der Waals surface area contributed by atoms with Crippen LogP contribution >= 0.6 is 0 Å². The molecular weight excluding hydrogens is 146 g/mol. The van der Waals surface area contributed by atoms with Crippen LogP contribution in [-0.2, 0) is 9.53 Å². The fraction of sp³-hybridized carbons (Fsp3) is 0.571. The minimum absolute atomic E-state index is 0.323. The van der Waals surface area contributed by atoms with E-state index in [9.17, 15) is 4.79 Å². The molecule has 0 aromatic rings. The van der Waals surface area contributed by atoms with Gasteiger partial charge in [-0.15, -0.1) is 0 Å². The van der Waals surface area contributed by atoms with Crippen LogP contribution in [0.3, 0.4) is 0 Å². The Bertz CT molecular complexity index is 165. The molecular formula is C7H13NO3. The van der Waals surface area contributed by atoms with Crippen LogP contribution in [0.4, 0.5) is 0 Å². The van der Waals surface area contributed by atoms with Crippen molar-refractivity contribution in [3.05, 3.63) is 11.6 Å². The van der Waals surface area contributed by atoms with Gasteiger partial charge in [0.15, 0.2) is 0 Å². The smallest absolute Gasteiger partial charge is 0.328 e. The van der Waals surface area contributed by atoms with E-state index in [1.54, 1.807) is 6.92 Å². The van der Waals surface area contributed by atoms with Crippen LogP contribution in [0.5, 0.6) is 0 Å². The number of carboxylic acid groups (broad SMARTS) is 1. The molecule has 0 saturated heterocycles. The van der Waals surface area contributed by atoms with E-state index in [1.807, 2.05) is 0 Å². The number of hydrogen-bond donors (Lipinski definition) is 2. The van der Waals surface area contributed by atoms with Crippen molar-refractivity contribution >= 4 is 5.97 Å². The van der Waals surface area contributed by atoms with Gasteiger partial charge in [0, 0.05) is 19.2 Å². The van der Waals surface area contributed by atoms with Crippen LogP contribution < -0.4 is 5.73 Å². The van der Waals surface area contributed by atoms with Gasteiger partial charge in [-0.05, 0) is 12.5 Å². The highest BCUT2D eigenvalue weighted by Gasteiger charge is 2.04. The number of nitrogens with two attached hydrogens (primary N) is 1. The third kappa shape index (κ3) is 4.52. The number of ether oxygens (including phenoxy) is 1. The first kappa shape index (κ1) is 10.1. The van der Waals surface area contributed by atoms with Gasteiger partial charge < -0.3 is 15.6 Å². The zero-order valence-corrected chi connectivity index (χ0v) is 6.70. The summed E-state index contributed by atoms with van der Waals surface area (Å²) in [5, 5.41) is 8.33. The maximum absolute atomic E-state index is 10.1. The van der Waals surface area contributed by atoms with Gasteiger partial charge in [-0.2, -0.15) is 0 Å². The molecule has 0 rings (SSSR count). The second-order valence-corrected chi connectivity index (χ2v) is 2.29. The lowest BCUT2D eigenvalue weighted by Gasteiger charge is -2.09. The van der Waals surface area contributed by atoms with Crippen molar-refractivity contribution in [1.29, 1.82) is 0 Å². The number of aliphatic carboxylic acids is 1. The Morgan fingerprint density at radius 1 is 1.82 bits per heavy atom. The first-order valence-corrected chi connectivity index (χ1v) is 3.23. The summed E-state index contributed by atoms with van der Waals surface area (Å²) in [5.74, 6) is -0.978. The summed E-state index contributed by atoms with van der Waals surface area (Å²) in [5.41, 5.74) is 6.13. The van der Waals surface area contributed by atoms with Gasteiger partial charge in [0.2, 0.25) is 0 Å². The van der Waals surface area contributed by atoms with Gasteiger partial charge in [0.25, 0.3) is 0 Å². The molecule has 0 saturated carbocycles. The molecule has 4 heteroatoms. The van der Waals surface area contributed by atoms with E-state index in [0.29, 0.717) is 12.2 Å². The highest BCUT2D eigenvalue weighted by Crippen LogP contribution is 1.97. The zero-order chi connectivity index (χ0) is 8.85. The number of carboxylic acids is 1. The summed E-state index contributed by atoms with van der Waals surface area (Å²) in [4.78, 5) is 10.1. The van der Waals surface area contributed by atoms with Gasteiger partial charge in [-0.1, -0.05) is 0 Å². The van der Waals surface area contributed by atoms with Gasteiger partial charge in [0.1, 0.15) is 0 Å². The van der Waals surface area contributed by atoms with E-state index < -0.39 is 5.97 Å². The quantitative estimate of drug-likeness (QED) is 0.566. The SMILES string of the molecule is COCC(N)/C(C)=C\C(=O)O. The average Bonchev–Trinajstić information content (AvgIpc) is 1.86. The van der Waals surface area contributed by atoms with Crippen molar-refractivity contribution in [2.24, 2.45) is 5.73 Å². The molecule has 11 heavy (non-hydrogen) atoms. The van der Waals surface area contributed by atoms with Crippen LogP contribution in [0.2, 0.25) is 0 Å². The second-order valence-electron chi connectivity index (χ2n) is 2.29. The van der Waals surface area contributed by atoms with Crippen molar-refractivity contribution in [1.82, 2.24) is 0 Å². The first-order chi connectivity index (χ1) is 5.07. The Labute approximate surface area is 65.6 Å². The third-order valence-corrected chi connectivity index (χ3v) is 1.28. The summed E-state index contributed by atoms with van der Waals surface area (Å²) in [6, 6.07) is -0.323. The molecule has 0 heterocycles. The van der Waals surface area contributed by atoms with Crippen LogP contribution in [0.15, 0.2) is 11.6 Å². The molecule has 0 radical (unpaired) electrons. The Morgan fingerprint density at radius 2 is 2.36 bits per heavy atom. The molecule has 1 atom stereocenters. The third-order valence-electron chi connectivity index (χ3n) is 1.28. The molecule has 0 aliphatic rings. The van der Waals surface area contributed by atoms with Crippen molar-refractivity contribution in [2.75, 3.05) is 13.7 Å². The van der Waals surface area contributed by atoms with E-state index in [2.05, 4.69) is 0 Å². The fourth-order valence-corrected chi connectivity index (χ4v) is 0.613. The molecule has 0 fully saturated rings. The largest absolute Gasteiger partial charge is 0.478 e. The molecule has 0 aliphatic heterocycles. The second kappa shape index (κ2) is 4.87. The highest BCUT2D eigenvalue weighted by molar-refractivity contribution is 5.80. The maximum atomic E-state index is 10.1. The fourth-order valence-electron chi connectivity index (χ4n) is 0.613. The standard InChI is InChI=1S/C7H13NO3/c1-5(3-7(9)10)6(8)4-11-2/h3,6H,4,8H2,1-2H3,(H,9,10)/b5-3-. The molecule has 0 aliphatic carbocycles. The molecule has 64 valence electrons. The summed E-state index contributed by atoms with van der Waals surface area (Å²) < 4.78 is 4.75.